The molecule has 3 aromatic heterocycles. The largest absolute Gasteiger partial charge is 0.292 e. The van der Waals surface area contributed by atoms with Crippen molar-refractivity contribution in [3.05, 3.63) is 86.5 Å². The van der Waals surface area contributed by atoms with E-state index in [1.807, 2.05) is 42.6 Å². The van der Waals surface area contributed by atoms with Gasteiger partial charge in [0.05, 0.1) is 23.2 Å². The molecule has 4 rings (SSSR count). The normalized spacial score (nSPS) is 10.8. The Morgan fingerprint density at radius 2 is 1.93 bits per heavy atom. The zero-order valence-electron chi connectivity index (χ0n) is 15.8. The maximum Gasteiger partial charge on any atom is 0.276 e. The van der Waals surface area contributed by atoms with E-state index in [1.54, 1.807) is 25.1 Å². The Morgan fingerprint density at radius 1 is 1.14 bits per heavy atom. The number of carbonyl (C=O) groups is 1. The van der Waals surface area contributed by atoms with Crippen molar-refractivity contribution in [2.75, 3.05) is 0 Å². The van der Waals surface area contributed by atoms with E-state index < -0.39 is 0 Å². The smallest absolute Gasteiger partial charge is 0.276 e. The highest BCUT2D eigenvalue weighted by Gasteiger charge is 2.21. The Hall–Kier alpha value is -3.63. The quantitative estimate of drug-likeness (QED) is 0.487. The standard InChI is InChI=1S/C22H16N4O2S/c1-13-5-3-4-6-17(13)26-19(25-16-9-10-29-21(16)22(26)28)11-18(27)20-15(12-23)8-7-14(2)24-20/h3-10H,11H2,1-2H3. The molecule has 0 saturated heterocycles. The first-order valence-corrected chi connectivity index (χ1v) is 9.83. The van der Waals surface area contributed by atoms with Gasteiger partial charge < -0.3 is 0 Å². The van der Waals surface area contributed by atoms with Crippen molar-refractivity contribution in [3.63, 3.8) is 0 Å². The van der Waals surface area contributed by atoms with Gasteiger partial charge in [-0.25, -0.2) is 9.97 Å². The van der Waals surface area contributed by atoms with Crippen LogP contribution in [-0.2, 0) is 6.42 Å². The Kier molecular flexibility index (Phi) is 4.79. The SMILES string of the molecule is Cc1ccc(C#N)c(C(=O)Cc2nc3ccsc3c(=O)n2-c2ccccc2C)n1. The second kappa shape index (κ2) is 7.41. The number of hydrogen-bond donors (Lipinski definition) is 0. The molecule has 3 heterocycles. The lowest BCUT2D eigenvalue weighted by atomic mass is 10.1. The number of fused-ring (bicyclic) bond motifs is 1. The lowest BCUT2D eigenvalue weighted by Gasteiger charge is -2.14. The van der Waals surface area contributed by atoms with Crippen molar-refractivity contribution >= 4 is 27.3 Å². The molecule has 4 aromatic rings. The predicted octanol–water partition coefficient (Wildman–Crippen LogP) is 3.76. The maximum absolute atomic E-state index is 13.2. The molecule has 0 aliphatic rings. The number of thiophene rings is 1. The fourth-order valence-electron chi connectivity index (χ4n) is 3.23. The molecule has 0 atom stereocenters. The molecule has 29 heavy (non-hydrogen) atoms. The van der Waals surface area contributed by atoms with Crippen LogP contribution < -0.4 is 5.56 Å². The van der Waals surface area contributed by atoms with Crippen LogP contribution in [0.15, 0.2) is 52.6 Å². The summed E-state index contributed by atoms with van der Waals surface area (Å²) in [6.07, 6.45) is -0.138. The van der Waals surface area contributed by atoms with E-state index in [9.17, 15) is 14.9 Å². The number of Topliss-reactive ketones (excluding diaryl/α,β-unsaturated/α-hetero) is 1. The minimum Gasteiger partial charge on any atom is -0.292 e. The van der Waals surface area contributed by atoms with Crippen LogP contribution >= 0.6 is 11.3 Å². The van der Waals surface area contributed by atoms with Crippen LogP contribution in [0.3, 0.4) is 0 Å². The number of aryl methyl sites for hydroxylation is 2. The van der Waals surface area contributed by atoms with Crippen molar-refractivity contribution < 1.29 is 4.79 Å². The number of ketones is 1. The highest BCUT2D eigenvalue weighted by molar-refractivity contribution is 7.17. The van der Waals surface area contributed by atoms with Crippen molar-refractivity contribution in [3.8, 4) is 11.8 Å². The molecule has 7 heteroatoms. The summed E-state index contributed by atoms with van der Waals surface area (Å²) in [5.74, 6) is -0.0264. The first-order chi connectivity index (χ1) is 14.0. The third-order valence-corrected chi connectivity index (χ3v) is 5.54. The molecule has 6 nitrogen and oxygen atoms in total. The second-order valence-corrected chi connectivity index (χ2v) is 7.57. The number of nitrogens with zero attached hydrogens (tertiary/aromatic N) is 4. The van der Waals surface area contributed by atoms with Gasteiger partial charge in [0.1, 0.15) is 22.3 Å². The zero-order valence-corrected chi connectivity index (χ0v) is 16.7. The van der Waals surface area contributed by atoms with Crippen LogP contribution in [0.25, 0.3) is 15.9 Å². The summed E-state index contributed by atoms with van der Waals surface area (Å²) in [6.45, 7) is 3.67. The van der Waals surface area contributed by atoms with Crippen LogP contribution in [-0.4, -0.2) is 20.3 Å². The summed E-state index contributed by atoms with van der Waals surface area (Å²) in [4.78, 5) is 35.1. The zero-order chi connectivity index (χ0) is 20.5. The summed E-state index contributed by atoms with van der Waals surface area (Å²) >= 11 is 1.32. The van der Waals surface area contributed by atoms with Gasteiger partial charge >= 0.3 is 0 Å². The van der Waals surface area contributed by atoms with E-state index in [1.165, 1.54) is 15.9 Å². The molecule has 0 radical (unpaired) electrons. The Morgan fingerprint density at radius 3 is 2.69 bits per heavy atom. The molecule has 0 spiro atoms. The number of aromatic nitrogens is 3. The summed E-state index contributed by atoms with van der Waals surface area (Å²) < 4.78 is 2.03. The number of nitriles is 1. The number of pyridine rings is 1. The van der Waals surface area contributed by atoms with E-state index in [2.05, 4.69) is 9.97 Å². The minimum atomic E-state index is -0.353. The van der Waals surface area contributed by atoms with Gasteiger partial charge in [0, 0.05) is 5.69 Å². The van der Waals surface area contributed by atoms with Gasteiger partial charge in [0.15, 0.2) is 5.78 Å². The lowest BCUT2D eigenvalue weighted by molar-refractivity contribution is 0.0985. The highest BCUT2D eigenvalue weighted by Crippen LogP contribution is 2.21. The van der Waals surface area contributed by atoms with Gasteiger partial charge in [-0.05, 0) is 49.1 Å². The van der Waals surface area contributed by atoms with E-state index in [0.717, 1.165) is 5.56 Å². The van der Waals surface area contributed by atoms with Crippen LogP contribution in [0.2, 0.25) is 0 Å². The van der Waals surface area contributed by atoms with Crippen LogP contribution in [0.4, 0.5) is 0 Å². The van der Waals surface area contributed by atoms with Crippen molar-refractivity contribution in [1.29, 1.82) is 5.26 Å². The number of hydrogen-bond acceptors (Lipinski definition) is 6. The topological polar surface area (TPSA) is 88.6 Å². The van der Waals surface area contributed by atoms with E-state index in [4.69, 9.17) is 0 Å². The van der Waals surface area contributed by atoms with E-state index in [0.29, 0.717) is 27.4 Å². The average Bonchev–Trinajstić information content (AvgIpc) is 3.18. The monoisotopic (exact) mass is 400 g/mol. The van der Waals surface area contributed by atoms with E-state index >= 15 is 0 Å². The predicted molar refractivity (Wildman–Crippen MR) is 112 cm³/mol. The fourth-order valence-corrected chi connectivity index (χ4v) is 3.99. The Balaban J connectivity index is 1.90. The van der Waals surface area contributed by atoms with E-state index in [-0.39, 0.29) is 29.0 Å². The summed E-state index contributed by atoms with van der Waals surface area (Å²) in [5, 5.41) is 11.1. The molecule has 0 aliphatic carbocycles. The molecule has 0 fully saturated rings. The average molecular weight is 400 g/mol. The van der Waals surface area contributed by atoms with Gasteiger partial charge in [-0.15, -0.1) is 11.3 Å². The molecule has 1 aromatic carbocycles. The molecule has 0 unspecified atom stereocenters. The molecular formula is C22H16N4O2S. The number of para-hydroxylation sites is 1. The molecular weight excluding hydrogens is 384 g/mol. The van der Waals surface area contributed by atoms with Crippen molar-refractivity contribution in [1.82, 2.24) is 14.5 Å². The third kappa shape index (κ3) is 3.35. The third-order valence-electron chi connectivity index (χ3n) is 4.64. The lowest BCUT2D eigenvalue weighted by Crippen LogP contribution is -2.26. The summed E-state index contributed by atoms with van der Waals surface area (Å²) in [6, 6.07) is 14.5. The minimum absolute atomic E-state index is 0.100. The number of rotatable bonds is 4. The van der Waals surface area contributed by atoms with Crippen LogP contribution in [0.5, 0.6) is 0 Å². The van der Waals surface area contributed by atoms with Gasteiger partial charge in [-0.3, -0.25) is 14.2 Å². The Bertz CT molecular complexity index is 1360. The van der Waals surface area contributed by atoms with Gasteiger partial charge in [-0.2, -0.15) is 5.26 Å². The molecule has 0 N–H and O–H groups in total. The first-order valence-electron chi connectivity index (χ1n) is 8.95. The molecule has 0 amide bonds. The fraction of sp³-hybridized carbons (Fsp3) is 0.136. The number of benzene rings is 1. The highest BCUT2D eigenvalue weighted by atomic mass is 32.1. The van der Waals surface area contributed by atoms with Crippen molar-refractivity contribution in [2.24, 2.45) is 0 Å². The Labute approximate surface area is 170 Å². The summed E-state index contributed by atoms with van der Waals surface area (Å²) in [7, 11) is 0. The molecule has 142 valence electrons. The first kappa shape index (κ1) is 18.7. The molecule has 0 bridgehead atoms. The van der Waals surface area contributed by atoms with Gasteiger partial charge in [0.2, 0.25) is 0 Å². The van der Waals surface area contributed by atoms with Gasteiger partial charge in [0.25, 0.3) is 5.56 Å². The van der Waals surface area contributed by atoms with Gasteiger partial charge in [-0.1, -0.05) is 18.2 Å². The number of carbonyl (C=O) groups excluding carboxylic acids is 1. The maximum atomic E-state index is 13.2. The van der Waals surface area contributed by atoms with Crippen LogP contribution in [0, 0.1) is 25.2 Å². The van der Waals surface area contributed by atoms with Crippen molar-refractivity contribution in [2.45, 2.75) is 20.3 Å². The summed E-state index contributed by atoms with van der Waals surface area (Å²) in [5.41, 5.74) is 2.88. The molecule has 0 saturated carbocycles. The van der Waals surface area contributed by atoms with Crippen LogP contribution in [0.1, 0.15) is 33.1 Å². The second-order valence-electron chi connectivity index (χ2n) is 6.65. The molecule has 0 aliphatic heterocycles.